The average Bonchev–Trinajstić information content (AvgIpc) is 1.85. The molecule has 0 aromatic carbocycles. The van der Waals surface area contributed by atoms with Gasteiger partial charge in [-0.05, 0) is 13.3 Å². The first-order chi connectivity index (χ1) is 4.31. The molecule has 0 saturated heterocycles. The highest BCUT2D eigenvalue weighted by Crippen LogP contribution is 1.94. The van der Waals surface area contributed by atoms with Crippen LogP contribution in [0.4, 0.5) is 0 Å². The third-order valence-corrected chi connectivity index (χ3v) is 1.75. The van der Waals surface area contributed by atoms with E-state index in [1.165, 1.54) is 16.3 Å². The minimum absolute atomic E-state index is 0.0478. The lowest BCUT2D eigenvalue weighted by atomic mass is 10.3. The summed E-state index contributed by atoms with van der Waals surface area (Å²) in [5.41, 5.74) is 0. The van der Waals surface area contributed by atoms with Crippen molar-refractivity contribution in [2.24, 2.45) is 0 Å². The fourth-order valence-electron chi connectivity index (χ4n) is 0.554. The highest BCUT2D eigenvalue weighted by atomic mass is 28.1. The van der Waals surface area contributed by atoms with E-state index in [0.717, 1.165) is 6.42 Å². The first-order valence-electron chi connectivity index (χ1n) is 3.46. The van der Waals surface area contributed by atoms with E-state index in [0.29, 0.717) is 13.0 Å². The van der Waals surface area contributed by atoms with Crippen molar-refractivity contribution in [1.29, 1.82) is 0 Å². The molecule has 0 aromatic rings. The first kappa shape index (κ1) is 8.69. The van der Waals surface area contributed by atoms with E-state index in [2.05, 4.69) is 0 Å². The van der Waals surface area contributed by atoms with Gasteiger partial charge in [-0.25, -0.2) is 0 Å². The number of carbonyl (C=O) groups excluding carboxylic acids is 1. The minimum Gasteiger partial charge on any atom is -0.466 e. The number of ether oxygens (including phenoxy) is 1. The van der Waals surface area contributed by atoms with Gasteiger partial charge in [0.25, 0.3) is 0 Å². The Kier molecular flexibility index (Phi) is 5.61. The van der Waals surface area contributed by atoms with Crippen molar-refractivity contribution < 1.29 is 9.53 Å². The van der Waals surface area contributed by atoms with E-state index < -0.39 is 0 Å². The molecule has 0 amide bonds. The average molecular weight is 146 g/mol. The Bertz CT molecular complexity index is 83.1. The van der Waals surface area contributed by atoms with Gasteiger partial charge in [-0.15, -0.1) is 0 Å². The Balaban J connectivity index is 3.06. The normalized spacial score (nSPS) is 9.44. The highest BCUT2D eigenvalue weighted by Gasteiger charge is 1.97. The molecule has 54 valence electrons. The molecule has 0 bridgehead atoms. The topological polar surface area (TPSA) is 26.3 Å². The fraction of sp³-hybridized carbons (Fsp3) is 0.833. The maximum Gasteiger partial charge on any atom is 0.305 e. The lowest BCUT2D eigenvalue weighted by molar-refractivity contribution is -0.143. The van der Waals surface area contributed by atoms with Crippen LogP contribution in [-0.4, -0.2) is 22.8 Å². The fourth-order valence-corrected chi connectivity index (χ4v) is 0.908. The number of carbonyl (C=O) groups is 1. The zero-order valence-corrected chi connectivity index (χ0v) is 8.14. The summed E-state index contributed by atoms with van der Waals surface area (Å²) < 4.78 is 4.72. The van der Waals surface area contributed by atoms with Gasteiger partial charge < -0.3 is 4.74 Å². The van der Waals surface area contributed by atoms with Crippen molar-refractivity contribution in [1.82, 2.24) is 0 Å². The van der Waals surface area contributed by atoms with Crippen LogP contribution in [0.25, 0.3) is 0 Å². The molecule has 0 aromatic heterocycles. The second-order valence-corrected chi connectivity index (χ2v) is 2.91. The van der Waals surface area contributed by atoms with Crippen LogP contribution >= 0.6 is 0 Å². The van der Waals surface area contributed by atoms with Crippen LogP contribution in [0.1, 0.15) is 19.8 Å². The Morgan fingerprint density at radius 3 is 2.78 bits per heavy atom. The van der Waals surface area contributed by atoms with E-state index in [4.69, 9.17) is 4.74 Å². The molecule has 0 atom stereocenters. The standard InChI is InChI=1S/C6H14O2Si/c1-2-8-6(7)4-3-5-9/h2-5H2,1,9H3. The van der Waals surface area contributed by atoms with Gasteiger partial charge in [0.05, 0.1) is 6.61 Å². The van der Waals surface area contributed by atoms with Gasteiger partial charge in [0.15, 0.2) is 0 Å². The largest absolute Gasteiger partial charge is 0.466 e. The van der Waals surface area contributed by atoms with Crippen molar-refractivity contribution >= 4 is 16.2 Å². The molecule has 0 unspecified atom stereocenters. The number of rotatable bonds is 4. The second-order valence-electron chi connectivity index (χ2n) is 1.91. The lowest BCUT2D eigenvalue weighted by Gasteiger charge is -1.97. The monoisotopic (exact) mass is 146 g/mol. The van der Waals surface area contributed by atoms with Gasteiger partial charge in [-0.1, -0.05) is 6.04 Å². The van der Waals surface area contributed by atoms with Crippen LogP contribution in [-0.2, 0) is 9.53 Å². The zero-order valence-electron chi connectivity index (χ0n) is 6.14. The summed E-state index contributed by atoms with van der Waals surface area (Å²) in [4.78, 5) is 10.6. The molecular weight excluding hydrogens is 132 g/mol. The third kappa shape index (κ3) is 5.56. The predicted molar refractivity (Wildman–Crippen MR) is 40.6 cm³/mol. The summed E-state index contributed by atoms with van der Waals surface area (Å²) >= 11 is 0. The maximum absolute atomic E-state index is 10.6. The molecule has 0 N–H and O–H groups in total. The molecule has 0 saturated carbocycles. The van der Waals surface area contributed by atoms with Crippen LogP contribution in [0, 0.1) is 0 Å². The molecular formula is C6H14O2Si. The van der Waals surface area contributed by atoms with E-state index in [-0.39, 0.29) is 5.97 Å². The summed E-state index contributed by atoms with van der Waals surface area (Å²) in [6.07, 6.45) is 1.61. The Labute approximate surface area is 59.0 Å². The molecule has 0 aliphatic carbocycles. The zero-order chi connectivity index (χ0) is 7.11. The lowest BCUT2D eigenvalue weighted by Crippen LogP contribution is -2.02. The van der Waals surface area contributed by atoms with E-state index in [1.807, 2.05) is 6.92 Å². The molecule has 0 rings (SSSR count). The Morgan fingerprint density at radius 2 is 2.33 bits per heavy atom. The summed E-state index contributed by atoms with van der Waals surface area (Å²) in [7, 11) is 1.19. The van der Waals surface area contributed by atoms with Gasteiger partial charge in [-0.3, -0.25) is 4.79 Å². The van der Waals surface area contributed by atoms with E-state index in [1.54, 1.807) is 0 Å². The maximum atomic E-state index is 10.6. The first-order valence-corrected chi connectivity index (χ1v) is 4.88. The van der Waals surface area contributed by atoms with Gasteiger partial charge in [0.2, 0.25) is 0 Å². The van der Waals surface area contributed by atoms with E-state index in [9.17, 15) is 4.79 Å². The van der Waals surface area contributed by atoms with Gasteiger partial charge >= 0.3 is 5.97 Å². The smallest absolute Gasteiger partial charge is 0.305 e. The van der Waals surface area contributed by atoms with Crippen molar-refractivity contribution in [2.75, 3.05) is 6.61 Å². The quantitative estimate of drug-likeness (QED) is 0.416. The number of esters is 1. The molecule has 0 fully saturated rings. The second kappa shape index (κ2) is 5.82. The molecule has 9 heavy (non-hydrogen) atoms. The van der Waals surface area contributed by atoms with Crippen molar-refractivity contribution in [2.45, 2.75) is 25.8 Å². The number of hydrogen-bond donors (Lipinski definition) is 0. The van der Waals surface area contributed by atoms with Crippen molar-refractivity contribution in [3.05, 3.63) is 0 Å². The number of hydrogen-bond acceptors (Lipinski definition) is 2. The van der Waals surface area contributed by atoms with Crippen molar-refractivity contribution in [3.8, 4) is 0 Å². The highest BCUT2D eigenvalue weighted by molar-refractivity contribution is 6.08. The van der Waals surface area contributed by atoms with Crippen molar-refractivity contribution in [3.63, 3.8) is 0 Å². The molecule has 0 heterocycles. The molecule has 0 spiro atoms. The Hall–Kier alpha value is -0.313. The summed E-state index contributed by atoms with van der Waals surface area (Å²) in [6, 6.07) is 1.19. The molecule has 0 aliphatic rings. The summed E-state index contributed by atoms with van der Waals surface area (Å²) in [5, 5.41) is 0. The Morgan fingerprint density at radius 1 is 1.67 bits per heavy atom. The molecule has 2 nitrogen and oxygen atoms in total. The SMILES string of the molecule is CCOC(=O)CCC[SiH3]. The molecule has 0 aliphatic heterocycles. The van der Waals surface area contributed by atoms with Crippen LogP contribution in [0.2, 0.25) is 6.04 Å². The van der Waals surface area contributed by atoms with Crippen LogP contribution in [0.3, 0.4) is 0 Å². The molecule has 0 radical (unpaired) electrons. The van der Waals surface area contributed by atoms with Gasteiger partial charge in [0.1, 0.15) is 0 Å². The van der Waals surface area contributed by atoms with Crippen LogP contribution in [0.5, 0.6) is 0 Å². The summed E-state index contributed by atoms with van der Waals surface area (Å²) in [5.74, 6) is -0.0478. The van der Waals surface area contributed by atoms with Crippen LogP contribution in [0.15, 0.2) is 0 Å². The predicted octanol–water partition coefficient (Wildman–Crippen LogP) is 0.113. The van der Waals surface area contributed by atoms with Gasteiger partial charge in [-0.2, -0.15) is 0 Å². The third-order valence-electron chi connectivity index (χ3n) is 1.04. The molecule has 3 heteroatoms. The van der Waals surface area contributed by atoms with Crippen LogP contribution < -0.4 is 0 Å². The van der Waals surface area contributed by atoms with Gasteiger partial charge in [0, 0.05) is 16.7 Å². The van der Waals surface area contributed by atoms with E-state index >= 15 is 0 Å². The minimum atomic E-state index is -0.0478. The summed E-state index contributed by atoms with van der Waals surface area (Å²) in [6.45, 7) is 2.35.